The molecule has 3 heteroatoms. The van der Waals surface area contributed by atoms with Crippen molar-refractivity contribution < 1.29 is 4.79 Å². The fourth-order valence-electron chi connectivity index (χ4n) is 1.43. The Morgan fingerprint density at radius 2 is 2.50 bits per heavy atom. The number of aromatic nitrogens is 1. The minimum atomic E-state index is 0.0204. The molecule has 1 aliphatic carbocycles. The Hall–Kier alpha value is -1.02. The third kappa shape index (κ3) is 1.08. The van der Waals surface area contributed by atoms with Crippen molar-refractivity contribution in [2.45, 2.75) is 11.8 Å². The summed E-state index contributed by atoms with van der Waals surface area (Å²) in [6, 6.07) is 0. The number of carbonyl (C=O) groups excluding carboxylic acids is 1. The van der Waals surface area contributed by atoms with Gasteiger partial charge in [0.25, 0.3) is 0 Å². The van der Waals surface area contributed by atoms with E-state index in [1.807, 2.05) is 12.2 Å². The van der Waals surface area contributed by atoms with E-state index in [0.29, 0.717) is 0 Å². The first kappa shape index (κ1) is 7.62. The largest absolute Gasteiger partial charge is 0.361 e. The summed E-state index contributed by atoms with van der Waals surface area (Å²) >= 11 is 5.91. The van der Waals surface area contributed by atoms with E-state index in [4.69, 9.17) is 11.6 Å². The van der Waals surface area contributed by atoms with E-state index in [0.717, 1.165) is 29.5 Å². The topological polar surface area (TPSA) is 32.9 Å². The first-order valence-corrected chi connectivity index (χ1v) is 4.22. The molecule has 62 valence electrons. The summed E-state index contributed by atoms with van der Waals surface area (Å²) in [6.07, 6.45) is 7.17. The smallest absolute Gasteiger partial charge is 0.151 e. The molecule has 1 N–H and O–H groups in total. The number of H-pyrrole nitrogens is 1. The van der Waals surface area contributed by atoms with Gasteiger partial charge in [0.2, 0.25) is 0 Å². The number of carbonyl (C=O) groups is 1. The molecule has 0 fully saturated rings. The van der Waals surface area contributed by atoms with Crippen LogP contribution in [0.1, 0.15) is 21.6 Å². The number of hydrogen-bond acceptors (Lipinski definition) is 1. The Bertz CT molecular complexity index is 340. The van der Waals surface area contributed by atoms with Crippen LogP contribution in [-0.2, 0) is 6.42 Å². The highest BCUT2D eigenvalue weighted by molar-refractivity contribution is 6.22. The summed E-state index contributed by atoms with van der Waals surface area (Å²) in [5.74, 6) is 0. The molecule has 0 amide bonds. The summed E-state index contributed by atoms with van der Waals surface area (Å²) in [5, 5.41) is 0.0204. The zero-order valence-electron chi connectivity index (χ0n) is 6.38. The molecule has 0 saturated carbocycles. The lowest BCUT2D eigenvalue weighted by molar-refractivity contribution is 0.112. The van der Waals surface area contributed by atoms with Crippen molar-refractivity contribution in [2.24, 2.45) is 0 Å². The van der Waals surface area contributed by atoms with Gasteiger partial charge in [0, 0.05) is 17.5 Å². The van der Waals surface area contributed by atoms with E-state index in [1.54, 1.807) is 6.20 Å². The Labute approximate surface area is 75.2 Å². The van der Waals surface area contributed by atoms with Crippen LogP contribution in [0.4, 0.5) is 0 Å². The maximum atomic E-state index is 10.6. The fraction of sp³-hybridized carbons (Fsp3) is 0.222. The molecular weight excluding hydrogens is 174 g/mol. The molecule has 2 rings (SSSR count). The lowest BCUT2D eigenvalue weighted by Gasteiger charge is -2.10. The Morgan fingerprint density at radius 1 is 1.67 bits per heavy atom. The number of rotatable bonds is 1. The molecule has 12 heavy (non-hydrogen) atoms. The number of halogens is 1. The normalized spacial score (nSPS) is 20.6. The fourth-order valence-corrected chi connectivity index (χ4v) is 1.66. The molecule has 1 aliphatic rings. The first-order valence-electron chi connectivity index (χ1n) is 3.79. The van der Waals surface area contributed by atoms with E-state index >= 15 is 0 Å². The average Bonchev–Trinajstić information content (AvgIpc) is 2.46. The van der Waals surface area contributed by atoms with Gasteiger partial charge in [0.15, 0.2) is 6.29 Å². The number of aromatic amines is 1. The molecule has 1 aromatic rings. The van der Waals surface area contributed by atoms with E-state index < -0.39 is 0 Å². The number of fused-ring (bicyclic) bond motifs is 1. The van der Waals surface area contributed by atoms with Gasteiger partial charge in [-0.25, -0.2) is 0 Å². The Balaban J connectivity index is 2.49. The number of alkyl halides is 1. The van der Waals surface area contributed by atoms with Gasteiger partial charge < -0.3 is 4.98 Å². The van der Waals surface area contributed by atoms with Crippen molar-refractivity contribution in [3.8, 4) is 0 Å². The summed E-state index contributed by atoms with van der Waals surface area (Å²) in [4.78, 5) is 13.6. The monoisotopic (exact) mass is 181 g/mol. The van der Waals surface area contributed by atoms with Crippen LogP contribution < -0.4 is 0 Å². The van der Waals surface area contributed by atoms with E-state index in [2.05, 4.69) is 4.98 Å². The molecule has 0 aromatic carbocycles. The maximum absolute atomic E-state index is 10.6. The molecule has 0 radical (unpaired) electrons. The highest BCUT2D eigenvalue weighted by Gasteiger charge is 2.15. The second-order valence-electron chi connectivity index (χ2n) is 2.83. The van der Waals surface area contributed by atoms with Gasteiger partial charge in [-0.1, -0.05) is 6.08 Å². The predicted molar refractivity (Wildman–Crippen MR) is 48.6 cm³/mol. The maximum Gasteiger partial charge on any atom is 0.151 e. The SMILES string of the molecule is O=Cc1c[nH]c2c1CC(Cl)C=C2. The van der Waals surface area contributed by atoms with Crippen LogP contribution in [0.2, 0.25) is 0 Å². The number of hydrogen-bond donors (Lipinski definition) is 1. The molecule has 1 unspecified atom stereocenters. The van der Waals surface area contributed by atoms with Gasteiger partial charge in [0.1, 0.15) is 0 Å². The molecule has 0 spiro atoms. The molecule has 2 nitrogen and oxygen atoms in total. The third-order valence-corrected chi connectivity index (χ3v) is 2.35. The van der Waals surface area contributed by atoms with Crippen molar-refractivity contribution >= 4 is 24.0 Å². The van der Waals surface area contributed by atoms with Gasteiger partial charge in [-0.2, -0.15) is 0 Å². The standard InChI is InChI=1S/C9H8ClNO/c10-7-1-2-9-8(3-7)6(5-12)4-11-9/h1-2,4-5,7,11H,3H2. The summed E-state index contributed by atoms with van der Waals surface area (Å²) in [5.41, 5.74) is 2.77. The van der Waals surface area contributed by atoms with Crippen LogP contribution in [0.3, 0.4) is 0 Å². The molecule has 0 saturated heterocycles. The van der Waals surface area contributed by atoms with Gasteiger partial charge in [0.05, 0.1) is 5.38 Å². The van der Waals surface area contributed by atoms with Gasteiger partial charge >= 0.3 is 0 Å². The van der Waals surface area contributed by atoms with Crippen LogP contribution in [0.25, 0.3) is 6.08 Å². The third-order valence-electron chi connectivity index (χ3n) is 2.05. The van der Waals surface area contributed by atoms with Gasteiger partial charge in [-0.15, -0.1) is 11.6 Å². The zero-order valence-corrected chi connectivity index (χ0v) is 7.14. The molecule has 0 aliphatic heterocycles. The van der Waals surface area contributed by atoms with Crippen LogP contribution in [-0.4, -0.2) is 16.6 Å². The second kappa shape index (κ2) is 2.79. The van der Waals surface area contributed by atoms with Crippen LogP contribution in [0, 0.1) is 0 Å². The van der Waals surface area contributed by atoms with Gasteiger partial charge in [-0.05, 0) is 18.1 Å². The lowest BCUT2D eigenvalue weighted by atomic mass is 10.0. The van der Waals surface area contributed by atoms with Crippen molar-refractivity contribution in [3.05, 3.63) is 29.1 Å². The van der Waals surface area contributed by atoms with Crippen LogP contribution >= 0.6 is 11.6 Å². The quantitative estimate of drug-likeness (QED) is 0.522. The minimum Gasteiger partial charge on any atom is -0.361 e. The predicted octanol–water partition coefficient (Wildman–Crippen LogP) is 2.00. The average molecular weight is 182 g/mol. The van der Waals surface area contributed by atoms with E-state index in [1.165, 1.54) is 0 Å². The van der Waals surface area contributed by atoms with E-state index in [-0.39, 0.29) is 5.38 Å². The van der Waals surface area contributed by atoms with E-state index in [9.17, 15) is 4.79 Å². The molecule has 0 bridgehead atoms. The molecule has 1 atom stereocenters. The first-order chi connectivity index (χ1) is 5.81. The van der Waals surface area contributed by atoms with Gasteiger partial charge in [-0.3, -0.25) is 4.79 Å². The number of allylic oxidation sites excluding steroid dienone is 1. The Kier molecular flexibility index (Phi) is 1.77. The highest BCUT2D eigenvalue weighted by atomic mass is 35.5. The van der Waals surface area contributed by atoms with Crippen molar-refractivity contribution in [2.75, 3.05) is 0 Å². The minimum absolute atomic E-state index is 0.0204. The highest BCUT2D eigenvalue weighted by Crippen LogP contribution is 2.23. The summed E-state index contributed by atoms with van der Waals surface area (Å²) in [6.45, 7) is 0. The Morgan fingerprint density at radius 3 is 3.25 bits per heavy atom. The zero-order chi connectivity index (χ0) is 8.55. The molecular formula is C9H8ClNO. The van der Waals surface area contributed by atoms with Crippen molar-refractivity contribution in [3.63, 3.8) is 0 Å². The lowest BCUT2D eigenvalue weighted by Crippen LogP contribution is -2.06. The second-order valence-corrected chi connectivity index (χ2v) is 3.39. The van der Waals surface area contributed by atoms with Crippen molar-refractivity contribution in [1.29, 1.82) is 0 Å². The van der Waals surface area contributed by atoms with Crippen LogP contribution in [0.15, 0.2) is 12.3 Å². The molecule has 1 heterocycles. The number of aldehydes is 1. The van der Waals surface area contributed by atoms with Crippen LogP contribution in [0.5, 0.6) is 0 Å². The number of nitrogens with one attached hydrogen (secondary N) is 1. The molecule has 1 aromatic heterocycles. The van der Waals surface area contributed by atoms with Crippen molar-refractivity contribution in [1.82, 2.24) is 4.98 Å². The summed E-state index contributed by atoms with van der Waals surface area (Å²) in [7, 11) is 0. The summed E-state index contributed by atoms with van der Waals surface area (Å²) < 4.78 is 0.